The van der Waals surface area contributed by atoms with E-state index in [1.807, 2.05) is 6.07 Å². The first kappa shape index (κ1) is 15.7. The van der Waals surface area contributed by atoms with Crippen LogP contribution in [-0.4, -0.2) is 24.3 Å². The average Bonchev–Trinajstić information content (AvgIpc) is 2.87. The van der Waals surface area contributed by atoms with Gasteiger partial charge in [0, 0.05) is 29.4 Å². The minimum Gasteiger partial charge on any atom is -0.388 e. The van der Waals surface area contributed by atoms with Gasteiger partial charge in [-0.2, -0.15) is 5.26 Å². The fourth-order valence-corrected chi connectivity index (χ4v) is 4.01. The molecule has 1 aliphatic carbocycles. The normalized spacial score (nSPS) is 17.6. The van der Waals surface area contributed by atoms with E-state index in [0.717, 1.165) is 12.3 Å². The Labute approximate surface area is 133 Å². The Morgan fingerprint density at radius 3 is 2.78 bits per heavy atom. The molecule has 0 saturated carbocycles. The number of rotatable bonds is 2. The maximum absolute atomic E-state index is 13.7. The van der Waals surface area contributed by atoms with E-state index < -0.39 is 21.8 Å². The number of fused-ring (bicyclic) bond motifs is 1. The summed E-state index contributed by atoms with van der Waals surface area (Å²) in [7, 11) is -3.53. The molecule has 1 aromatic heterocycles. The summed E-state index contributed by atoms with van der Waals surface area (Å²) < 4.78 is 39.4. The number of sulfone groups is 1. The minimum absolute atomic E-state index is 0.0578. The van der Waals surface area contributed by atoms with Crippen LogP contribution < -0.4 is 0 Å². The van der Waals surface area contributed by atoms with Crippen LogP contribution in [0.3, 0.4) is 0 Å². The van der Waals surface area contributed by atoms with Crippen molar-refractivity contribution < 1.29 is 17.9 Å². The predicted molar refractivity (Wildman–Crippen MR) is 81.4 cm³/mol. The summed E-state index contributed by atoms with van der Waals surface area (Å²) >= 11 is 0. The zero-order chi connectivity index (χ0) is 16.8. The maximum atomic E-state index is 13.7. The summed E-state index contributed by atoms with van der Waals surface area (Å²) in [5, 5.41) is 19.2. The number of hydrogen-bond acceptors (Lipinski definition) is 4. The first-order valence-corrected chi connectivity index (χ1v) is 9.03. The molecular formula is C16H15FN2O3S. The first-order valence-electron chi connectivity index (χ1n) is 7.14. The van der Waals surface area contributed by atoms with Gasteiger partial charge in [0.2, 0.25) is 0 Å². The van der Waals surface area contributed by atoms with Gasteiger partial charge in [-0.1, -0.05) is 0 Å². The lowest BCUT2D eigenvalue weighted by Gasteiger charge is -2.21. The van der Waals surface area contributed by atoms with Crippen LogP contribution in [0.2, 0.25) is 0 Å². The summed E-state index contributed by atoms with van der Waals surface area (Å²) in [6.45, 7) is 0. The van der Waals surface area contributed by atoms with Crippen LogP contribution in [0.4, 0.5) is 4.39 Å². The summed E-state index contributed by atoms with van der Waals surface area (Å²) in [4.78, 5) is 0.0578. The third-order valence-electron chi connectivity index (χ3n) is 4.03. The average molecular weight is 334 g/mol. The van der Waals surface area contributed by atoms with Crippen LogP contribution in [-0.2, 0) is 16.3 Å². The maximum Gasteiger partial charge on any atom is 0.177 e. The molecule has 1 aromatic carbocycles. The Morgan fingerprint density at radius 1 is 1.39 bits per heavy atom. The third kappa shape index (κ3) is 2.76. The van der Waals surface area contributed by atoms with Gasteiger partial charge in [0.15, 0.2) is 9.84 Å². The second-order valence-corrected chi connectivity index (χ2v) is 7.70. The van der Waals surface area contributed by atoms with E-state index in [1.54, 1.807) is 4.57 Å². The monoisotopic (exact) mass is 334 g/mol. The van der Waals surface area contributed by atoms with Gasteiger partial charge in [-0.3, -0.25) is 0 Å². The van der Waals surface area contributed by atoms with Crippen molar-refractivity contribution >= 4 is 9.84 Å². The minimum atomic E-state index is -3.53. The number of halogens is 1. The van der Waals surface area contributed by atoms with Crippen molar-refractivity contribution in [2.24, 2.45) is 0 Å². The van der Waals surface area contributed by atoms with Crippen LogP contribution in [0.5, 0.6) is 0 Å². The van der Waals surface area contributed by atoms with Crippen molar-refractivity contribution in [3.05, 3.63) is 47.0 Å². The lowest BCUT2D eigenvalue weighted by Crippen LogP contribution is -2.13. The van der Waals surface area contributed by atoms with Crippen molar-refractivity contribution in [3.8, 4) is 11.8 Å². The van der Waals surface area contributed by atoms with Crippen molar-refractivity contribution in [1.29, 1.82) is 5.26 Å². The smallest absolute Gasteiger partial charge is 0.177 e. The molecule has 1 unspecified atom stereocenters. The highest BCUT2D eigenvalue weighted by Crippen LogP contribution is 2.37. The zero-order valence-corrected chi connectivity index (χ0v) is 13.3. The van der Waals surface area contributed by atoms with E-state index in [4.69, 9.17) is 5.26 Å². The Kier molecular flexibility index (Phi) is 3.74. The molecule has 7 heteroatoms. The number of nitrogens with zero attached hydrogens (tertiary/aromatic N) is 2. The van der Waals surface area contributed by atoms with E-state index in [-0.39, 0.29) is 10.5 Å². The lowest BCUT2D eigenvalue weighted by molar-refractivity contribution is 0.153. The third-order valence-corrected chi connectivity index (χ3v) is 5.15. The van der Waals surface area contributed by atoms with Gasteiger partial charge < -0.3 is 9.67 Å². The fraction of sp³-hybridized carbons (Fsp3) is 0.312. The quantitative estimate of drug-likeness (QED) is 0.913. The van der Waals surface area contributed by atoms with Gasteiger partial charge >= 0.3 is 0 Å². The number of aromatic nitrogens is 1. The molecular weight excluding hydrogens is 319 g/mol. The molecule has 23 heavy (non-hydrogen) atoms. The highest BCUT2D eigenvalue weighted by atomic mass is 32.2. The van der Waals surface area contributed by atoms with Gasteiger partial charge in [0.25, 0.3) is 0 Å². The molecule has 3 rings (SSSR count). The molecule has 0 fully saturated rings. The Balaban J connectivity index is 2.30. The van der Waals surface area contributed by atoms with Crippen LogP contribution in [0.25, 0.3) is 5.69 Å². The molecule has 1 N–H and O–H groups in total. The molecule has 2 aromatic rings. The number of nitriles is 1. The standard InChI is InChI=1S/C16H15FN2O3S/c1-23(21,22)15-9-19(13-3-2-4-14(20)16(13)15)12-6-10(8-18)5-11(17)7-12/h5-7,9,14,20H,2-4H2,1H3. The van der Waals surface area contributed by atoms with E-state index in [1.165, 1.54) is 18.3 Å². The van der Waals surface area contributed by atoms with Crippen molar-refractivity contribution in [1.82, 2.24) is 4.57 Å². The van der Waals surface area contributed by atoms with Gasteiger partial charge in [-0.15, -0.1) is 0 Å². The highest BCUT2D eigenvalue weighted by Gasteiger charge is 2.30. The van der Waals surface area contributed by atoms with Crippen molar-refractivity contribution in [2.45, 2.75) is 30.3 Å². The fourth-order valence-electron chi connectivity index (χ4n) is 3.06. The number of aliphatic hydroxyl groups is 1. The Hall–Kier alpha value is -2.17. The largest absolute Gasteiger partial charge is 0.388 e. The lowest BCUT2D eigenvalue weighted by atomic mass is 9.95. The van der Waals surface area contributed by atoms with E-state index in [0.29, 0.717) is 36.2 Å². The summed E-state index contributed by atoms with van der Waals surface area (Å²) in [5.41, 5.74) is 1.57. The molecule has 0 radical (unpaired) electrons. The second-order valence-electron chi connectivity index (χ2n) is 5.71. The molecule has 0 aliphatic heterocycles. The SMILES string of the molecule is CS(=O)(=O)c1cn(-c2cc(F)cc(C#N)c2)c2c1C(O)CCC2. The summed E-state index contributed by atoms with van der Waals surface area (Å²) in [6, 6.07) is 5.74. The highest BCUT2D eigenvalue weighted by molar-refractivity contribution is 7.90. The number of hydrogen-bond donors (Lipinski definition) is 1. The molecule has 0 spiro atoms. The van der Waals surface area contributed by atoms with E-state index in [2.05, 4.69) is 0 Å². The molecule has 0 saturated heterocycles. The van der Waals surface area contributed by atoms with Crippen molar-refractivity contribution in [2.75, 3.05) is 6.26 Å². The van der Waals surface area contributed by atoms with Gasteiger partial charge in [0.1, 0.15) is 5.82 Å². The van der Waals surface area contributed by atoms with E-state index >= 15 is 0 Å². The Bertz CT molecular complexity index is 926. The summed E-state index contributed by atoms with van der Waals surface area (Å²) in [5.74, 6) is -0.571. The summed E-state index contributed by atoms with van der Waals surface area (Å²) in [6.07, 6.45) is 3.42. The zero-order valence-electron chi connectivity index (χ0n) is 12.5. The Morgan fingerprint density at radius 2 is 2.13 bits per heavy atom. The van der Waals surface area contributed by atoms with Gasteiger partial charge in [0.05, 0.1) is 22.6 Å². The van der Waals surface area contributed by atoms with Gasteiger partial charge in [-0.05, 0) is 37.5 Å². The molecule has 0 amide bonds. The van der Waals surface area contributed by atoms with Crippen molar-refractivity contribution in [3.63, 3.8) is 0 Å². The topological polar surface area (TPSA) is 83.1 Å². The van der Waals surface area contributed by atoms with Crippen LogP contribution in [0.1, 0.15) is 35.8 Å². The van der Waals surface area contributed by atoms with Crippen LogP contribution in [0.15, 0.2) is 29.3 Å². The molecule has 1 atom stereocenters. The second kappa shape index (κ2) is 5.48. The predicted octanol–water partition coefficient (Wildman–Crippen LogP) is 2.26. The first-order chi connectivity index (χ1) is 10.8. The molecule has 0 bridgehead atoms. The molecule has 1 aliphatic rings. The molecule has 5 nitrogen and oxygen atoms in total. The van der Waals surface area contributed by atoms with Crippen LogP contribution >= 0.6 is 0 Å². The molecule has 1 heterocycles. The number of benzene rings is 1. The van der Waals surface area contributed by atoms with E-state index in [9.17, 15) is 17.9 Å². The van der Waals surface area contributed by atoms with Crippen LogP contribution in [0, 0.1) is 17.1 Å². The number of aliphatic hydroxyl groups excluding tert-OH is 1. The van der Waals surface area contributed by atoms with Gasteiger partial charge in [-0.25, -0.2) is 12.8 Å². The molecule has 120 valence electrons.